The molecular weight excluding hydrogens is 264 g/mol. The van der Waals surface area contributed by atoms with Gasteiger partial charge in [0.25, 0.3) is 5.91 Å². The SMILES string of the molecule is O=C(N/N=C/c1ccccc1)c1cc(Cl)ccc1O. The summed E-state index contributed by atoms with van der Waals surface area (Å²) in [5.41, 5.74) is 3.27. The molecule has 0 atom stereocenters. The lowest BCUT2D eigenvalue weighted by atomic mass is 10.2. The maximum atomic E-state index is 11.8. The summed E-state index contributed by atoms with van der Waals surface area (Å²) < 4.78 is 0. The first kappa shape index (κ1) is 13.1. The molecule has 5 heteroatoms. The summed E-state index contributed by atoms with van der Waals surface area (Å²) in [7, 11) is 0. The van der Waals surface area contributed by atoms with E-state index in [1.54, 1.807) is 0 Å². The molecule has 0 unspecified atom stereocenters. The van der Waals surface area contributed by atoms with Crippen LogP contribution in [0.15, 0.2) is 53.6 Å². The van der Waals surface area contributed by atoms with E-state index in [0.717, 1.165) is 5.56 Å². The van der Waals surface area contributed by atoms with Crippen LogP contribution in [0.1, 0.15) is 15.9 Å². The topological polar surface area (TPSA) is 61.7 Å². The van der Waals surface area contributed by atoms with Crippen LogP contribution in [0.5, 0.6) is 5.75 Å². The van der Waals surface area contributed by atoms with Crippen LogP contribution in [0.4, 0.5) is 0 Å². The van der Waals surface area contributed by atoms with Gasteiger partial charge in [-0.05, 0) is 23.8 Å². The number of rotatable bonds is 3. The predicted molar refractivity (Wildman–Crippen MR) is 74.6 cm³/mol. The standard InChI is InChI=1S/C14H11ClN2O2/c15-11-6-7-13(18)12(8-11)14(19)17-16-9-10-4-2-1-3-5-10/h1-9,18H,(H,17,19)/b16-9+. The van der Waals surface area contributed by atoms with Gasteiger partial charge in [-0.2, -0.15) is 5.10 Å². The number of carbonyl (C=O) groups is 1. The molecule has 0 saturated heterocycles. The highest BCUT2D eigenvalue weighted by molar-refractivity contribution is 6.31. The second-order valence-corrected chi connectivity index (χ2v) is 4.21. The number of nitrogens with zero attached hydrogens (tertiary/aromatic N) is 1. The average Bonchev–Trinajstić information content (AvgIpc) is 2.42. The summed E-state index contributed by atoms with van der Waals surface area (Å²) in [5.74, 6) is -0.663. The summed E-state index contributed by atoms with van der Waals surface area (Å²) in [5, 5.41) is 13.7. The molecule has 2 aromatic carbocycles. The third-order valence-electron chi connectivity index (χ3n) is 2.38. The van der Waals surface area contributed by atoms with Crippen molar-refractivity contribution in [3.63, 3.8) is 0 Å². The van der Waals surface area contributed by atoms with E-state index in [4.69, 9.17) is 11.6 Å². The molecule has 0 radical (unpaired) electrons. The zero-order valence-electron chi connectivity index (χ0n) is 9.88. The van der Waals surface area contributed by atoms with Gasteiger partial charge in [0.05, 0.1) is 11.8 Å². The van der Waals surface area contributed by atoms with Crippen molar-refractivity contribution in [1.82, 2.24) is 5.43 Å². The van der Waals surface area contributed by atoms with Crippen molar-refractivity contribution >= 4 is 23.7 Å². The quantitative estimate of drug-likeness (QED) is 0.668. The molecule has 0 saturated carbocycles. The molecule has 2 rings (SSSR count). The third kappa shape index (κ3) is 3.56. The number of benzene rings is 2. The first-order valence-corrected chi connectivity index (χ1v) is 5.91. The Kier molecular flexibility index (Phi) is 4.15. The van der Waals surface area contributed by atoms with Crippen molar-refractivity contribution in [2.45, 2.75) is 0 Å². The van der Waals surface area contributed by atoms with Crippen LogP contribution < -0.4 is 5.43 Å². The zero-order valence-corrected chi connectivity index (χ0v) is 10.6. The lowest BCUT2D eigenvalue weighted by Crippen LogP contribution is -2.17. The van der Waals surface area contributed by atoms with Crippen LogP contribution >= 0.6 is 11.6 Å². The molecule has 0 heterocycles. The Morgan fingerprint density at radius 1 is 1.21 bits per heavy atom. The van der Waals surface area contributed by atoms with Crippen molar-refractivity contribution in [3.05, 3.63) is 64.7 Å². The number of hydrogen-bond donors (Lipinski definition) is 2. The third-order valence-corrected chi connectivity index (χ3v) is 2.62. The van der Waals surface area contributed by atoms with E-state index in [1.165, 1.54) is 24.4 Å². The van der Waals surface area contributed by atoms with Gasteiger partial charge < -0.3 is 5.11 Å². The number of phenolic OH excluding ortho intramolecular Hbond substituents is 1. The molecule has 19 heavy (non-hydrogen) atoms. The Morgan fingerprint density at radius 3 is 2.68 bits per heavy atom. The van der Waals surface area contributed by atoms with E-state index in [9.17, 15) is 9.90 Å². The molecule has 0 spiro atoms. The van der Waals surface area contributed by atoms with E-state index in [0.29, 0.717) is 5.02 Å². The van der Waals surface area contributed by atoms with Crippen LogP contribution in [-0.2, 0) is 0 Å². The van der Waals surface area contributed by atoms with Gasteiger partial charge in [-0.3, -0.25) is 4.79 Å². The monoisotopic (exact) mass is 274 g/mol. The number of nitrogens with one attached hydrogen (secondary N) is 1. The Bertz CT molecular complexity index is 612. The molecule has 0 bridgehead atoms. The van der Waals surface area contributed by atoms with Gasteiger partial charge in [-0.15, -0.1) is 0 Å². The highest BCUT2D eigenvalue weighted by Gasteiger charge is 2.10. The lowest BCUT2D eigenvalue weighted by Gasteiger charge is -2.03. The molecule has 0 fully saturated rings. The molecule has 0 aliphatic heterocycles. The van der Waals surface area contributed by atoms with Gasteiger partial charge >= 0.3 is 0 Å². The number of halogens is 1. The molecule has 0 aliphatic carbocycles. The van der Waals surface area contributed by atoms with Crippen molar-refractivity contribution in [2.75, 3.05) is 0 Å². The number of amides is 1. The van der Waals surface area contributed by atoms with Crippen LogP contribution in [0.2, 0.25) is 5.02 Å². The number of hydrogen-bond acceptors (Lipinski definition) is 3. The predicted octanol–water partition coefficient (Wildman–Crippen LogP) is 2.81. The molecule has 2 aromatic rings. The van der Waals surface area contributed by atoms with Gasteiger partial charge in [0.2, 0.25) is 0 Å². The van der Waals surface area contributed by atoms with E-state index in [1.807, 2.05) is 30.3 Å². The maximum absolute atomic E-state index is 11.8. The summed E-state index contributed by atoms with van der Waals surface area (Å²) in [4.78, 5) is 11.8. The molecule has 96 valence electrons. The van der Waals surface area contributed by atoms with Crippen LogP contribution in [0.25, 0.3) is 0 Å². The number of carbonyl (C=O) groups excluding carboxylic acids is 1. The Morgan fingerprint density at radius 2 is 1.95 bits per heavy atom. The van der Waals surface area contributed by atoms with Crippen molar-refractivity contribution in [1.29, 1.82) is 0 Å². The summed E-state index contributed by atoms with van der Waals surface area (Å²) in [6.45, 7) is 0. The van der Waals surface area contributed by atoms with Gasteiger partial charge in [0.15, 0.2) is 0 Å². The second kappa shape index (κ2) is 6.02. The van der Waals surface area contributed by atoms with Crippen molar-refractivity contribution in [2.24, 2.45) is 5.10 Å². The first-order valence-electron chi connectivity index (χ1n) is 5.54. The van der Waals surface area contributed by atoms with Crippen LogP contribution in [0, 0.1) is 0 Å². The Labute approximate surface area is 115 Å². The zero-order chi connectivity index (χ0) is 13.7. The molecule has 2 N–H and O–H groups in total. The molecule has 0 aliphatic rings. The van der Waals surface area contributed by atoms with Gasteiger partial charge in [0.1, 0.15) is 5.75 Å². The van der Waals surface area contributed by atoms with Crippen LogP contribution in [-0.4, -0.2) is 17.2 Å². The number of phenols is 1. The second-order valence-electron chi connectivity index (χ2n) is 3.77. The fraction of sp³-hybridized carbons (Fsp3) is 0. The van der Waals surface area contributed by atoms with E-state index in [-0.39, 0.29) is 11.3 Å². The normalized spacial score (nSPS) is 10.6. The highest BCUT2D eigenvalue weighted by atomic mass is 35.5. The minimum Gasteiger partial charge on any atom is -0.507 e. The van der Waals surface area contributed by atoms with Gasteiger partial charge in [0, 0.05) is 5.02 Å². The molecule has 4 nitrogen and oxygen atoms in total. The smallest absolute Gasteiger partial charge is 0.275 e. The maximum Gasteiger partial charge on any atom is 0.275 e. The van der Waals surface area contributed by atoms with Crippen molar-refractivity contribution in [3.8, 4) is 5.75 Å². The average molecular weight is 275 g/mol. The Hall–Kier alpha value is -2.33. The molecule has 1 amide bonds. The fourth-order valence-electron chi connectivity index (χ4n) is 1.45. The summed E-state index contributed by atoms with van der Waals surface area (Å²) in [6.07, 6.45) is 1.51. The number of hydrazone groups is 1. The van der Waals surface area contributed by atoms with E-state index < -0.39 is 5.91 Å². The number of aromatic hydroxyl groups is 1. The Balaban J connectivity index is 2.06. The van der Waals surface area contributed by atoms with Gasteiger partial charge in [-0.1, -0.05) is 41.9 Å². The first-order chi connectivity index (χ1) is 9.16. The summed E-state index contributed by atoms with van der Waals surface area (Å²) in [6, 6.07) is 13.6. The van der Waals surface area contributed by atoms with E-state index in [2.05, 4.69) is 10.5 Å². The fourth-order valence-corrected chi connectivity index (χ4v) is 1.63. The van der Waals surface area contributed by atoms with Crippen molar-refractivity contribution < 1.29 is 9.90 Å². The lowest BCUT2D eigenvalue weighted by molar-refractivity contribution is 0.0952. The molecule has 0 aromatic heterocycles. The largest absolute Gasteiger partial charge is 0.507 e. The molecular formula is C14H11ClN2O2. The summed E-state index contributed by atoms with van der Waals surface area (Å²) >= 11 is 5.76. The highest BCUT2D eigenvalue weighted by Crippen LogP contribution is 2.21. The van der Waals surface area contributed by atoms with E-state index >= 15 is 0 Å². The minimum atomic E-state index is -0.521. The van der Waals surface area contributed by atoms with Crippen LogP contribution in [0.3, 0.4) is 0 Å². The van der Waals surface area contributed by atoms with Gasteiger partial charge in [-0.25, -0.2) is 5.43 Å². The minimum absolute atomic E-state index is 0.0812.